The van der Waals surface area contributed by atoms with Gasteiger partial charge in [0.25, 0.3) is 5.91 Å². The minimum Gasteiger partial charge on any atom is -0.360 e. The number of nitrogens with one attached hydrogen (secondary N) is 1. The molecular weight excluding hydrogens is 316 g/mol. The van der Waals surface area contributed by atoms with Crippen molar-refractivity contribution in [1.29, 1.82) is 0 Å². The third-order valence-corrected chi connectivity index (χ3v) is 4.90. The second-order valence-electron chi connectivity index (χ2n) is 6.74. The van der Waals surface area contributed by atoms with Crippen molar-refractivity contribution in [3.8, 4) is 11.3 Å². The summed E-state index contributed by atoms with van der Waals surface area (Å²) in [5, 5.41) is 6.74. The summed E-state index contributed by atoms with van der Waals surface area (Å²) < 4.78 is 7.50. The highest BCUT2D eigenvalue weighted by Gasteiger charge is 2.28. The Morgan fingerprint density at radius 3 is 2.88 bits per heavy atom. The number of anilines is 1. The van der Waals surface area contributed by atoms with Crippen LogP contribution in [0.5, 0.6) is 0 Å². The first-order valence-corrected chi connectivity index (χ1v) is 8.71. The lowest BCUT2D eigenvalue weighted by atomic mass is 10.1. The zero-order chi connectivity index (χ0) is 16.8. The van der Waals surface area contributed by atoms with Crippen molar-refractivity contribution in [3.05, 3.63) is 53.8 Å². The Hall–Kier alpha value is -2.89. The first kappa shape index (κ1) is 14.5. The number of benzene rings is 1. The lowest BCUT2D eigenvalue weighted by molar-refractivity contribution is 0.101. The van der Waals surface area contributed by atoms with Crippen LogP contribution in [0.1, 0.15) is 47.3 Å². The van der Waals surface area contributed by atoms with E-state index in [2.05, 4.69) is 20.0 Å². The summed E-state index contributed by atoms with van der Waals surface area (Å²) in [5.74, 6) is 2.18. The lowest BCUT2D eigenvalue weighted by Crippen LogP contribution is -2.12. The lowest BCUT2D eigenvalue weighted by Gasteiger charge is -2.07. The van der Waals surface area contributed by atoms with E-state index >= 15 is 0 Å². The number of fused-ring (bicyclic) bond motifs is 1. The number of hydrogen-bond acceptors (Lipinski definition) is 4. The van der Waals surface area contributed by atoms with E-state index in [1.54, 1.807) is 6.07 Å². The molecule has 1 aliphatic carbocycles. The Morgan fingerprint density at radius 1 is 1.24 bits per heavy atom. The number of aromatic nitrogens is 3. The van der Waals surface area contributed by atoms with Gasteiger partial charge in [-0.3, -0.25) is 4.79 Å². The summed E-state index contributed by atoms with van der Waals surface area (Å²) in [6, 6.07) is 9.58. The van der Waals surface area contributed by atoms with Crippen LogP contribution >= 0.6 is 0 Å². The predicted molar refractivity (Wildman–Crippen MR) is 92.4 cm³/mol. The van der Waals surface area contributed by atoms with Gasteiger partial charge < -0.3 is 14.4 Å². The highest BCUT2D eigenvalue weighted by molar-refractivity contribution is 6.02. The van der Waals surface area contributed by atoms with Crippen molar-refractivity contribution in [2.24, 2.45) is 0 Å². The second-order valence-corrected chi connectivity index (χ2v) is 6.74. The molecule has 1 amide bonds. The van der Waals surface area contributed by atoms with Gasteiger partial charge in [-0.05, 0) is 37.0 Å². The van der Waals surface area contributed by atoms with Crippen molar-refractivity contribution in [2.45, 2.75) is 38.1 Å². The SMILES string of the molecule is O=C(Nc1ccc(-c2cnc3n2CCC3)cc1)c1cc(C2CC2)on1. The number of carbonyl (C=O) groups is 1. The minimum absolute atomic E-state index is 0.242. The molecule has 1 aliphatic heterocycles. The molecule has 3 aromatic rings. The molecule has 25 heavy (non-hydrogen) atoms. The molecule has 6 nitrogen and oxygen atoms in total. The van der Waals surface area contributed by atoms with Gasteiger partial charge >= 0.3 is 0 Å². The first-order valence-electron chi connectivity index (χ1n) is 8.71. The van der Waals surface area contributed by atoms with Gasteiger partial charge in [0.2, 0.25) is 0 Å². The van der Waals surface area contributed by atoms with Crippen LogP contribution in [0.25, 0.3) is 11.3 Å². The molecule has 0 spiro atoms. The zero-order valence-corrected chi connectivity index (χ0v) is 13.7. The Bertz CT molecular complexity index is 935. The quantitative estimate of drug-likeness (QED) is 0.791. The number of amides is 1. The minimum atomic E-state index is -0.242. The van der Waals surface area contributed by atoms with Crippen LogP contribution < -0.4 is 5.32 Å². The fraction of sp³-hybridized carbons (Fsp3) is 0.316. The van der Waals surface area contributed by atoms with Crippen molar-refractivity contribution in [1.82, 2.24) is 14.7 Å². The maximum Gasteiger partial charge on any atom is 0.277 e. The standard InChI is InChI=1S/C19H18N4O2/c24-19(15-10-17(25-22-15)13-3-4-13)21-14-7-5-12(6-8-14)16-11-20-18-2-1-9-23(16)18/h5-8,10-11,13H,1-4,9H2,(H,21,24). The molecule has 1 fully saturated rings. The average Bonchev–Trinajstić information content (AvgIpc) is 3.03. The fourth-order valence-corrected chi connectivity index (χ4v) is 3.36. The van der Waals surface area contributed by atoms with E-state index < -0.39 is 0 Å². The van der Waals surface area contributed by atoms with Crippen LogP contribution in [0.3, 0.4) is 0 Å². The Morgan fingerprint density at radius 2 is 2.08 bits per heavy atom. The number of rotatable bonds is 4. The van der Waals surface area contributed by atoms with E-state index in [4.69, 9.17) is 4.52 Å². The molecule has 6 heteroatoms. The number of carbonyl (C=O) groups excluding carboxylic acids is 1. The van der Waals surface area contributed by atoms with Crippen LogP contribution in [-0.2, 0) is 13.0 Å². The molecule has 0 unspecified atom stereocenters. The van der Waals surface area contributed by atoms with Crippen LogP contribution in [0.2, 0.25) is 0 Å². The van der Waals surface area contributed by atoms with Gasteiger partial charge in [-0.25, -0.2) is 4.98 Å². The first-order chi connectivity index (χ1) is 12.3. The van der Waals surface area contributed by atoms with E-state index in [9.17, 15) is 4.79 Å². The summed E-state index contributed by atoms with van der Waals surface area (Å²) in [4.78, 5) is 16.8. The van der Waals surface area contributed by atoms with Crippen LogP contribution in [0, 0.1) is 0 Å². The van der Waals surface area contributed by atoms with Gasteiger partial charge in [-0.1, -0.05) is 17.3 Å². The summed E-state index contributed by atoms with van der Waals surface area (Å²) >= 11 is 0. The second kappa shape index (κ2) is 5.58. The average molecular weight is 334 g/mol. The molecule has 3 heterocycles. The molecular formula is C19H18N4O2. The Kier molecular flexibility index (Phi) is 3.23. The summed E-state index contributed by atoms with van der Waals surface area (Å²) in [7, 11) is 0. The molecule has 0 bridgehead atoms. The van der Waals surface area contributed by atoms with Crippen LogP contribution in [-0.4, -0.2) is 20.6 Å². The molecule has 1 N–H and O–H groups in total. The van der Waals surface area contributed by atoms with Gasteiger partial charge in [0.1, 0.15) is 11.6 Å². The largest absolute Gasteiger partial charge is 0.360 e. The van der Waals surface area contributed by atoms with Gasteiger partial charge in [-0.15, -0.1) is 0 Å². The van der Waals surface area contributed by atoms with E-state index in [0.717, 1.165) is 60.8 Å². The normalized spacial score (nSPS) is 16.0. The Labute approximate surface area is 144 Å². The van der Waals surface area contributed by atoms with Crippen molar-refractivity contribution in [3.63, 3.8) is 0 Å². The third kappa shape index (κ3) is 2.63. The zero-order valence-electron chi connectivity index (χ0n) is 13.7. The Balaban J connectivity index is 1.32. The smallest absolute Gasteiger partial charge is 0.277 e. The fourth-order valence-electron chi connectivity index (χ4n) is 3.36. The highest BCUT2D eigenvalue weighted by Crippen LogP contribution is 2.40. The number of imidazole rings is 1. The summed E-state index contributed by atoms with van der Waals surface area (Å²) in [6.07, 6.45) is 6.38. The molecule has 2 aromatic heterocycles. The van der Waals surface area contributed by atoms with E-state index in [1.807, 2.05) is 30.5 Å². The third-order valence-electron chi connectivity index (χ3n) is 4.90. The topological polar surface area (TPSA) is 73.0 Å². The van der Waals surface area contributed by atoms with Gasteiger partial charge in [0.05, 0.1) is 11.9 Å². The van der Waals surface area contributed by atoms with Crippen LogP contribution in [0.15, 0.2) is 41.1 Å². The van der Waals surface area contributed by atoms with E-state index in [-0.39, 0.29) is 5.91 Å². The molecule has 2 aliphatic rings. The summed E-state index contributed by atoms with van der Waals surface area (Å²) in [5.41, 5.74) is 3.32. The van der Waals surface area contributed by atoms with Crippen molar-refractivity contribution >= 4 is 11.6 Å². The molecule has 126 valence electrons. The van der Waals surface area contributed by atoms with Crippen LogP contribution in [0.4, 0.5) is 5.69 Å². The molecule has 1 saturated carbocycles. The maximum atomic E-state index is 12.3. The van der Waals surface area contributed by atoms with Gasteiger partial charge in [-0.2, -0.15) is 0 Å². The van der Waals surface area contributed by atoms with Crippen molar-refractivity contribution < 1.29 is 9.32 Å². The maximum absolute atomic E-state index is 12.3. The monoisotopic (exact) mass is 334 g/mol. The van der Waals surface area contributed by atoms with Gasteiger partial charge in [0.15, 0.2) is 5.69 Å². The molecule has 0 saturated heterocycles. The number of hydrogen-bond donors (Lipinski definition) is 1. The molecule has 0 atom stereocenters. The van der Waals surface area contributed by atoms with Gasteiger partial charge in [0, 0.05) is 30.6 Å². The van der Waals surface area contributed by atoms with Crippen molar-refractivity contribution in [2.75, 3.05) is 5.32 Å². The van der Waals surface area contributed by atoms with E-state index in [0.29, 0.717) is 11.6 Å². The predicted octanol–water partition coefficient (Wildman–Crippen LogP) is 3.61. The summed E-state index contributed by atoms with van der Waals surface area (Å²) in [6.45, 7) is 1.03. The number of aryl methyl sites for hydroxylation is 1. The van der Waals surface area contributed by atoms with E-state index in [1.165, 1.54) is 0 Å². The molecule has 0 radical (unpaired) electrons. The molecule has 1 aromatic carbocycles. The highest BCUT2D eigenvalue weighted by atomic mass is 16.5. The number of nitrogens with zero attached hydrogens (tertiary/aromatic N) is 3. The molecule has 5 rings (SSSR count).